The molecule has 5 aliphatic carbocycles. The second kappa shape index (κ2) is 8.30. The van der Waals surface area contributed by atoms with Crippen molar-refractivity contribution in [2.75, 3.05) is 6.61 Å². The molecule has 2 unspecified atom stereocenters. The second-order valence-electron chi connectivity index (χ2n) is 14.2. The molecule has 7 heteroatoms. The number of hydrogen-bond acceptors (Lipinski definition) is 6. The molecule has 1 spiro atoms. The highest BCUT2D eigenvalue weighted by Crippen LogP contribution is 2.72. The van der Waals surface area contributed by atoms with E-state index in [1.54, 1.807) is 0 Å². The van der Waals surface area contributed by atoms with E-state index in [0.29, 0.717) is 11.5 Å². The van der Waals surface area contributed by atoms with E-state index in [4.69, 9.17) is 14.2 Å². The summed E-state index contributed by atoms with van der Waals surface area (Å²) in [6.07, 6.45) is 3.96. The van der Waals surface area contributed by atoms with Crippen molar-refractivity contribution in [1.82, 2.24) is 5.32 Å². The van der Waals surface area contributed by atoms with E-state index in [0.717, 1.165) is 30.4 Å². The van der Waals surface area contributed by atoms with Crippen LogP contribution in [0.1, 0.15) is 71.6 Å². The number of Topliss-reactive ketones (excluding diaryl/α,β-unsaturated/α-hetero) is 1. The highest BCUT2D eigenvalue weighted by Gasteiger charge is 2.77. The quantitative estimate of drug-likeness (QED) is 0.504. The summed E-state index contributed by atoms with van der Waals surface area (Å²) in [6, 6.07) is 7.96. The van der Waals surface area contributed by atoms with E-state index in [-0.39, 0.29) is 41.6 Å². The molecule has 9 atom stereocenters. The van der Waals surface area contributed by atoms with Gasteiger partial charge in [0.2, 0.25) is 0 Å². The van der Waals surface area contributed by atoms with Crippen molar-refractivity contribution in [2.24, 2.45) is 34.5 Å². The van der Waals surface area contributed by atoms with Crippen LogP contribution in [0.15, 0.2) is 47.6 Å². The van der Waals surface area contributed by atoms with Crippen molar-refractivity contribution in [3.63, 3.8) is 0 Å². The number of alkyl carbamates (subject to hydrolysis) is 1. The Labute approximate surface area is 236 Å². The summed E-state index contributed by atoms with van der Waals surface area (Å²) in [4.78, 5) is 28.3. The zero-order chi connectivity index (χ0) is 28.4. The second-order valence-corrected chi connectivity index (χ2v) is 14.2. The Hall–Kier alpha value is -2.48. The maximum Gasteiger partial charge on any atom is 0.408 e. The normalized spacial score (nSPS) is 43.6. The van der Waals surface area contributed by atoms with Crippen LogP contribution in [-0.4, -0.2) is 47.2 Å². The van der Waals surface area contributed by atoms with E-state index in [2.05, 4.69) is 32.2 Å². The molecule has 6 aliphatic rings. The number of benzene rings is 1. The van der Waals surface area contributed by atoms with Crippen molar-refractivity contribution in [3.05, 3.63) is 58.7 Å². The predicted molar refractivity (Wildman–Crippen MR) is 148 cm³/mol. The molecular formula is C33H41NO6. The van der Waals surface area contributed by atoms with Gasteiger partial charge in [0.25, 0.3) is 0 Å². The lowest BCUT2D eigenvalue weighted by Crippen LogP contribution is -2.68. The number of amides is 1. The fourth-order valence-electron chi connectivity index (χ4n) is 9.29. The summed E-state index contributed by atoms with van der Waals surface area (Å²) in [6.45, 7) is 12.3. The lowest BCUT2D eigenvalue weighted by Gasteiger charge is -2.52. The van der Waals surface area contributed by atoms with Crippen molar-refractivity contribution < 1.29 is 28.9 Å². The summed E-state index contributed by atoms with van der Waals surface area (Å²) in [5.74, 6) is -0.893. The lowest BCUT2D eigenvalue weighted by atomic mass is 9.59. The number of ketones is 1. The summed E-state index contributed by atoms with van der Waals surface area (Å²) in [5, 5.41) is 16.2. The number of hydrogen-bond donors (Lipinski definition) is 2. The first-order valence-corrected chi connectivity index (χ1v) is 14.8. The van der Waals surface area contributed by atoms with Gasteiger partial charge in [0.15, 0.2) is 23.3 Å². The minimum Gasteiger partial charge on any atom is -0.438 e. The smallest absolute Gasteiger partial charge is 0.408 e. The highest BCUT2D eigenvalue weighted by atomic mass is 16.7. The van der Waals surface area contributed by atoms with Gasteiger partial charge in [-0.05, 0) is 85.5 Å². The molecule has 1 aromatic carbocycles. The van der Waals surface area contributed by atoms with Crippen LogP contribution >= 0.6 is 0 Å². The van der Waals surface area contributed by atoms with Crippen LogP contribution in [0.2, 0.25) is 0 Å². The maximum atomic E-state index is 14.8. The SMILES string of the molecule is CC1=C[C@]23C(=O)[C@@H](C=C4COC(C)(C)O[C@H]4C2(O)[C@H]1OC(=O)NC1CCc2ccccc21)[C@H]1[C@@H](C[C@H]3C)C1(C)C. The monoisotopic (exact) mass is 547 g/mol. The average molecular weight is 548 g/mol. The number of aliphatic hydroxyl groups is 1. The third-order valence-electron chi connectivity index (χ3n) is 11.3. The summed E-state index contributed by atoms with van der Waals surface area (Å²) in [5.41, 5.74) is 0.773. The number of aryl methyl sites for hydroxylation is 1. The summed E-state index contributed by atoms with van der Waals surface area (Å²) in [7, 11) is 0. The molecule has 7 rings (SSSR count). The molecule has 2 bridgehead atoms. The minimum absolute atomic E-state index is 0.0134. The van der Waals surface area contributed by atoms with Crippen LogP contribution in [-0.2, 0) is 25.4 Å². The topological polar surface area (TPSA) is 94.1 Å². The van der Waals surface area contributed by atoms with Crippen molar-refractivity contribution in [2.45, 2.75) is 90.4 Å². The van der Waals surface area contributed by atoms with Gasteiger partial charge in [0, 0.05) is 5.92 Å². The van der Waals surface area contributed by atoms with Gasteiger partial charge in [-0.1, -0.05) is 57.2 Å². The molecule has 1 aliphatic heterocycles. The standard InChI is InChI=1S/C33H41NO6/c1-17-15-32-18(2)13-23-25(30(23,3)4)22(26(32)35)14-20-16-38-31(5,6)40-28(20)33(32,37)27(17)39-29(36)34-24-12-11-19-9-7-8-10-21(19)24/h7-10,14-15,18,22-25,27-28,37H,11-13,16H2,1-6H3,(H,34,36)/t18-,22+,23-,24?,25+,27+,28-,32+,33?/m1/s1. The molecule has 0 radical (unpaired) electrons. The minimum atomic E-state index is -1.80. The Morgan fingerprint density at radius 2 is 1.93 bits per heavy atom. The molecule has 2 N–H and O–H groups in total. The molecule has 3 fully saturated rings. The molecule has 1 saturated heterocycles. The number of rotatable bonds is 2. The Bertz CT molecular complexity index is 1360. The zero-order valence-electron chi connectivity index (χ0n) is 24.3. The molecule has 1 amide bonds. The highest BCUT2D eigenvalue weighted by molar-refractivity contribution is 5.95. The van der Waals surface area contributed by atoms with Gasteiger partial charge in [-0.25, -0.2) is 4.79 Å². The Morgan fingerprint density at radius 3 is 2.70 bits per heavy atom. The first-order valence-electron chi connectivity index (χ1n) is 14.8. The maximum absolute atomic E-state index is 14.8. The van der Waals surface area contributed by atoms with Crippen LogP contribution in [0.3, 0.4) is 0 Å². The van der Waals surface area contributed by atoms with Crippen molar-refractivity contribution >= 4 is 11.9 Å². The fourth-order valence-corrected chi connectivity index (χ4v) is 9.29. The third-order valence-corrected chi connectivity index (χ3v) is 11.3. The fraction of sp³-hybridized carbons (Fsp3) is 0.636. The molecule has 2 saturated carbocycles. The van der Waals surface area contributed by atoms with E-state index < -0.39 is 35.1 Å². The molecule has 40 heavy (non-hydrogen) atoms. The van der Waals surface area contributed by atoms with Crippen molar-refractivity contribution in [1.29, 1.82) is 0 Å². The lowest BCUT2D eigenvalue weighted by molar-refractivity contribution is -0.302. The average Bonchev–Trinajstić information content (AvgIpc) is 3.16. The van der Waals surface area contributed by atoms with Gasteiger partial charge in [-0.2, -0.15) is 0 Å². The summed E-state index contributed by atoms with van der Waals surface area (Å²) >= 11 is 0. The van der Waals surface area contributed by atoms with Gasteiger partial charge in [-0.3, -0.25) is 4.79 Å². The first-order chi connectivity index (χ1) is 18.8. The van der Waals surface area contributed by atoms with Crippen LogP contribution < -0.4 is 5.32 Å². The molecule has 7 nitrogen and oxygen atoms in total. The Kier molecular flexibility index (Phi) is 5.48. The number of ether oxygens (including phenoxy) is 3. The Balaban J connectivity index is 1.29. The van der Waals surface area contributed by atoms with Gasteiger partial charge in [0.1, 0.15) is 6.10 Å². The number of nitrogens with one attached hydrogen (secondary N) is 1. The van der Waals surface area contributed by atoms with Gasteiger partial charge < -0.3 is 24.6 Å². The number of fused-ring (bicyclic) bond motifs is 6. The van der Waals surface area contributed by atoms with Gasteiger partial charge in [-0.15, -0.1) is 0 Å². The van der Waals surface area contributed by atoms with Crippen LogP contribution in [0.25, 0.3) is 0 Å². The molecule has 0 aromatic heterocycles. The molecular weight excluding hydrogens is 506 g/mol. The van der Waals surface area contributed by atoms with E-state index >= 15 is 0 Å². The van der Waals surface area contributed by atoms with E-state index in [1.807, 2.05) is 51.1 Å². The molecule has 1 aromatic rings. The number of carbonyl (C=O) groups is 2. The van der Waals surface area contributed by atoms with Gasteiger partial charge in [0.05, 0.1) is 18.1 Å². The van der Waals surface area contributed by atoms with Crippen LogP contribution in [0, 0.1) is 34.5 Å². The summed E-state index contributed by atoms with van der Waals surface area (Å²) < 4.78 is 18.7. The molecule has 214 valence electrons. The number of carbonyl (C=O) groups excluding carboxylic acids is 2. The van der Waals surface area contributed by atoms with Crippen LogP contribution in [0.4, 0.5) is 4.79 Å². The predicted octanol–water partition coefficient (Wildman–Crippen LogP) is 5.03. The van der Waals surface area contributed by atoms with Gasteiger partial charge >= 0.3 is 6.09 Å². The third kappa shape index (κ3) is 3.34. The zero-order valence-corrected chi connectivity index (χ0v) is 24.3. The molecule has 1 heterocycles. The Morgan fingerprint density at radius 1 is 1.18 bits per heavy atom. The van der Waals surface area contributed by atoms with Crippen LogP contribution in [0.5, 0.6) is 0 Å². The van der Waals surface area contributed by atoms with E-state index in [1.165, 1.54) is 5.56 Å². The van der Waals surface area contributed by atoms with Crippen molar-refractivity contribution in [3.8, 4) is 0 Å². The van der Waals surface area contributed by atoms with E-state index in [9.17, 15) is 14.7 Å². The number of allylic oxidation sites excluding steroid dienone is 1. The largest absolute Gasteiger partial charge is 0.438 e. The first kappa shape index (κ1) is 26.4.